The predicted octanol–water partition coefficient (Wildman–Crippen LogP) is 6.57. The van der Waals surface area contributed by atoms with Gasteiger partial charge in [-0.1, -0.05) is 37.3 Å². The van der Waals surface area contributed by atoms with E-state index in [0.717, 1.165) is 73.5 Å². The Morgan fingerprint density at radius 1 is 1.16 bits per heavy atom. The molecular weight excluding hydrogens is 559 g/mol. The van der Waals surface area contributed by atoms with Crippen LogP contribution in [-0.4, -0.2) is 63.7 Å². The summed E-state index contributed by atoms with van der Waals surface area (Å²) in [6.45, 7) is 9.80. The molecule has 6 rings (SSSR count). The number of aromatic carboxylic acids is 1. The Kier molecular flexibility index (Phi) is 10.1. The van der Waals surface area contributed by atoms with Gasteiger partial charge in [0.25, 0.3) is 0 Å². The summed E-state index contributed by atoms with van der Waals surface area (Å²) in [5.41, 5.74) is 7.39. The molecule has 8 nitrogen and oxygen atoms in total. The summed E-state index contributed by atoms with van der Waals surface area (Å²) in [6.07, 6.45) is 7.09. The molecule has 1 saturated heterocycles. The van der Waals surface area contributed by atoms with Gasteiger partial charge in [-0.15, -0.1) is 0 Å². The number of hydrogen-bond acceptors (Lipinski definition) is 6. The van der Waals surface area contributed by atoms with Crippen molar-refractivity contribution < 1.29 is 23.8 Å². The van der Waals surface area contributed by atoms with Gasteiger partial charge in [-0.25, -0.2) is 14.2 Å². The fraction of sp³-hybridized carbons (Fsp3) is 0.400. The molecule has 2 aliphatic heterocycles. The molecule has 1 N–H and O–H groups in total. The first-order chi connectivity index (χ1) is 21.3. The first-order valence-corrected chi connectivity index (χ1v) is 15.3. The minimum atomic E-state index is -1.09. The Morgan fingerprint density at radius 3 is 2.70 bits per heavy atom. The van der Waals surface area contributed by atoms with Crippen LogP contribution in [0.2, 0.25) is 0 Å². The molecule has 0 radical (unpaired) electrons. The molecule has 9 heteroatoms. The van der Waals surface area contributed by atoms with Crippen molar-refractivity contribution in [2.45, 2.75) is 65.5 Å². The van der Waals surface area contributed by atoms with Gasteiger partial charge in [-0.3, -0.25) is 4.90 Å². The molecule has 4 heterocycles. The number of pyridine rings is 1. The number of rotatable bonds is 7. The van der Waals surface area contributed by atoms with Crippen LogP contribution in [0.15, 0.2) is 54.7 Å². The first-order valence-electron chi connectivity index (χ1n) is 15.3. The third kappa shape index (κ3) is 7.00. The molecule has 0 amide bonds. The number of halogens is 1. The Hall–Kier alpha value is -4.08. The van der Waals surface area contributed by atoms with E-state index in [1.165, 1.54) is 42.0 Å². The van der Waals surface area contributed by atoms with E-state index in [4.69, 9.17) is 9.47 Å². The number of methoxy groups -OCH3 is 1. The largest absolute Gasteiger partial charge is 0.480 e. The van der Waals surface area contributed by atoms with Crippen molar-refractivity contribution in [1.29, 1.82) is 0 Å². The van der Waals surface area contributed by atoms with Crippen LogP contribution in [-0.2, 0) is 24.1 Å². The van der Waals surface area contributed by atoms with E-state index < -0.39 is 5.97 Å². The van der Waals surface area contributed by atoms with E-state index in [2.05, 4.69) is 47.9 Å². The van der Waals surface area contributed by atoms with Crippen molar-refractivity contribution in [3.05, 3.63) is 93.9 Å². The monoisotopic (exact) mass is 600 g/mol. The lowest BCUT2D eigenvalue weighted by atomic mass is 9.95. The molecule has 0 aliphatic carbocycles. The average molecular weight is 601 g/mol. The van der Waals surface area contributed by atoms with E-state index in [9.17, 15) is 14.3 Å². The van der Waals surface area contributed by atoms with Gasteiger partial charge in [0.15, 0.2) is 5.82 Å². The Morgan fingerprint density at radius 2 is 1.98 bits per heavy atom. The third-order valence-electron chi connectivity index (χ3n) is 8.55. The number of aryl methyl sites for hydroxylation is 2. The second kappa shape index (κ2) is 14.1. The standard InChI is InChI=1S/C18H17N3O3.C17H24FNO/c1-11-6-4-7-13(12(11)2)15-8-5-9-16(20-15)21-17(24-3)14(10-19-21)18(22)23;1-2-13-9-14-6-7-19(12-16(14)17(18)10-13)11-15-5-3-4-8-20-15/h4-10H,1-3H3,(H,22,23);9-10,15H,2-8,11-12H2,1H3. The Bertz CT molecular complexity index is 1610. The highest BCUT2D eigenvalue weighted by molar-refractivity contribution is 5.90. The fourth-order valence-corrected chi connectivity index (χ4v) is 5.90. The average Bonchev–Trinajstić information content (AvgIpc) is 3.48. The second-order valence-corrected chi connectivity index (χ2v) is 11.5. The Labute approximate surface area is 258 Å². The number of aromatic nitrogens is 3. The molecule has 1 atom stereocenters. The van der Waals surface area contributed by atoms with Crippen LogP contribution in [0.4, 0.5) is 4.39 Å². The molecule has 4 aromatic rings. The van der Waals surface area contributed by atoms with Crippen LogP contribution in [0.25, 0.3) is 17.1 Å². The van der Waals surface area contributed by atoms with E-state index >= 15 is 0 Å². The van der Waals surface area contributed by atoms with Crippen LogP contribution < -0.4 is 4.74 Å². The number of nitrogens with zero attached hydrogens (tertiary/aromatic N) is 4. The zero-order valence-corrected chi connectivity index (χ0v) is 26.0. The van der Waals surface area contributed by atoms with Gasteiger partial charge >= 0.3 is 5.97 Å². The van der Waals surface area contributed by atoms with Gasteiger partial charge in [-0.05, 0) is 86.4 Å². The summed E-state index contributed by atoms with van der Waals surface area (Å²) in [6, 6.07) is 15.5. The van der Waals surface area contributed by atoms with Gasteiger partial charge in [0.2, 0.25) is 5.88 Å². The number of carboxylic acid groups (broad SMARTS) is 1. The van der Waals surface area contributed by atoms with Crippen molar-refractivity contribution in [2.75, 3.05) is 26.8 Å². The van der Waals surface area contributed by atoms with Crippen molar-refractivity contribution in [3.63, 3.8) is 0 Å². The van der Waals surface area contributed by atoms with Crippen LogP contribution in [0.5, 0.6) is 5.88 Å². The van der Waals surface area contributed by atoms with Gasteiger partial charge in [0.05, 0.1) is 25.1 Å². The van der Waals surface area contributed by atoms with Crippen molar-refractivity contribution in [3.8, 4) is 23.0 Å². The molecule has 44 heavy (non-hydrogen) atoms. The highest BCUT2D eigenvalue weighted by atomic mass is 19.1. The van der Waals surface area contributed by atoms with Gasteiger partial charge < -0.3 is 14.6 Å². The van der Waals surface area contributed by atoms with E-state index in [0.29, 0.717) is 11.9 Å². The third-order valence-corrected chi connectivity index (χ3v) is 8.55. The van der Waals surface area contributed by atoms with Gasteiger partial charge in [0, 0.05) is 37.4 Å². The predicted molar refractivity (Wildman–Crippen MR) is 168 cm³/mol. The minimum Gasteiger partial charge on any atom is -0.480 e. The maximum absolute atomic E-state index is 14.2. The lowest BCUT2D eigenvalue weighted by Gasteiger charge is -2.33. The molecule has 0 saturated carbocycles. The molecular formula is C35H41FN4O4. The SMILES string of the molecule is CCc1cc(F)c2c(c1)CCN(CC1CCCCO1)C2.COc1c(C(=O)O)cnn1-c1cccc(-c2cccc(C)c2C)n1. The number of carbonyl (C=O) groups is 1. The number of fused-ring (bicyclic) bond motifs is 1. The zero-order chi connectivity index (χ0) is 31.2. The quantitative estimate of drug-likeness (QED) is 0.257. The highest BCUT2D eigenvalue weighted by Gasteiger charge is 2.24. The molecule has 1 fully saturated rings. The van der Waals surface area contributed by atoms with Crippen molar-refractivity contribution >= 4 is 5.97 Å². The second-order valence-electron chi connectivity index (χ2n) is 11.5. The molecule has 0 bridgehead atoms. The zero-order valence-electron chi connectivity index (χ0n) is 26.0. The minimum absolute atomic E-state index is 0.00330. The van der Waals surface area contributed by atoms with E-state index in [1.807, 2.05) is 24.3 Å². The molecule has 0 spiro atoms. The van der Waals surface area contributed by atoms with Crippen LogP contribution in [0.1, 0.15) is 64.4 Å². The lowest BCUT2D eigenvalue weighted by molar-refractivity contribution is -0.00822. The summed E-state index contributed by atoms with van der Waals surface area (Å²) < 4.78 is 26.6. The van der Waals surface area contributed by atoms with Gasteiger partial charge in [0.1, 0.15) is 11.4 Å². The first kappa shape index (κ1) is 31.3. The summed E-state index contributed by atoms with van der Waals surface area (Å²) in [4.78, 5) is 18.2. The van der Waals surface area contributed by atoms with E-state index in [1.54, 1.807) is 12.1 Å². The highest BCUT2D eigenvalue weighted by Crippen LogP contribution is 2.28. The molecule has 232 valence electrons. The van der Waals surface area contributed by atoms with E-state index in [-0.39, 0.29) is 17.3 Å². The topological polar surface area (TPSA) is 89.7 Å². The summed E-state index contributed by atoms with van der Waals surface area (Å²) in [7, 11) is 1.41. The number of carboxylic acids is 1. The smallest absolute Gasteiger partial charge is 0.342 e. The molecule has 1 unspecified atom stereocenters. The summed E-state index contributed by atoms with van der Waals surface area (Å²) >= 11 is 0. The number of benzene rings is 2. The lowest BCUT2D eigenvalue weighted by Crippen LogP contribution is -2.39. The molecule has 2 aliphatic rings. The maximum Gasteiger partial charge on any atom is 0.342 e. The fourth-order valence-electron chi connectivity index (χ4n) is 5.90. The van der Waals surface area contributed by atoms with Crippen molar-refractivity contribution in [1.82, 2.24) is 19.7 Å². The van der Waals surface area contributed by atoms with Gasteiger partial charge in [-0.2, -0.15) is 9.78 Å². The molecule has 2 aromatic heterocycles. The summed E-state index contributed by atoms with van der Waals surface area (Å²) in [5, 5.41) is 13.3. The summed E-state index contributed by atoms with van der Waals surface area (Å²) in [5.74, 6) is -0.469. The Balaban J connectivity index is 0.000000177. The number of hydrogen-bond donors (Lipinski definition) is 1. The molecule has 2 aromatic carbocycles. The van der Waals surface area contributed by atoms with Crippen molar-refractivity contribution in [2.24, 2.45) is 0 Å². The normalized spacial score (nSPS) is 16.5. The maximum atomic E-state index is 14.2. The number of ether oxygens (including phenoxy) is 2. The van der Waals surface area contributed by atoms with Crippen LogP contribution >= 0.6 is 0 Å². The van der Waals surface area contributed by atoms with Crippen LogP contribution in [0, 0.1) is 19.7 Å². The van der Waals surface area contributed by atoms with Crippen LogP contribution in [0.3, 0.4) is 0 Å².